The zero-order valence-electron chi connectivity index (χ0n) is 24.6. The number of carbonyl (C=O) groups is 1. The van der Waals surface area contributed by atoms with E-state index < -0.39 is 17.7 Å². The summed E-state index contributed by atoms with van der Waals surface area (Å²) in [6.45, 7) is 8.42. The molecule has 224 valence electrons. The fourth-order valence-corrected chi connectivity index (χ4v) is 5.05. The maximum Gasteiger partial charge on any atom is 0.254 e. The number of hydrogen-bond donors (Lipinski definition) is 1. The lowest BCUT2D eigenvalue weighted by atomic mass is 10.1. The molecule has 2 aromatic heterocycles. The van der Waals surface area contributed by atoms with Crippen molar-refractivity contribution in [1.29, 1.82) is 5.26 Å². The normalized spacial score (nSPS) is 14.6. The molecule has 1 aliphatic rings. The summed E-state index contributed by atoms with van der Waals surface area (Å²) in [5.41, 5.74) is 2.88. The van der Waals surface area contributed by atoms with Crippen LogP contribution in [0.4, 0.5) is 20.3 Å². The Kier molecular flexibility index (Phi) is 8.84. The van der Waals surface area contributed by atoms with E-state index >= 15 is 4.39 Å². The minimum absolute atomic E-state index is 0.0159. The molecule has 43 heavy (non-hydrogen) atoms. The second-order valence-corrected chi connectivity index (χ2v) is 10.8. The number of nitrogens with zero attached hydrogens (tertiary/aromatic N) is 7. The summed E-state index contributed by atoms with van der Waals surface area (Å²) in [5.74, 6) is -2.21. The fraction of sp³-hybridized carbons (Fsp3) is 0.355. The highest BCUT2D eigenvalue weighted by molar-refractivity contribution is 5.96. The molecule has 1 atom stereocenters. The minimum Gasteiger partial charge on any atom is -0.473 e. The lowest BCUT2D eigenvalue weighted by molar-refractivity contribution is 0.0629. The van der Waals surface area contributed by atoms with E-state index in [9.17, 15) is 9.18 Å². The molecule has 1 saturated heterocycles. The van der Waals surface area contributed by atoms with Crippen molar-refractivity contribution in [3.63, 3.8) is 0 Å². The average molecular weight is 589 g/mol. The smallest absolute Gasteiger partial charge is 0.254 e. The lowest BCUT2D eigenvalue weighted by Gasteiger charge is -2.35. The number of rotatable bonds is 9. The highest BCUT2D eigenvalue weighted by Gasteiger charge is 2.24. The van der Waals surface area contributed by atoms with Crippen molar-refractivity contribution in [3.8, 4) is 23.1 Å². The van der Waals surface area contributed by atoms with Crippen LogP contribution in [0, 0.1) is 29.9 Å². The van der Waals surface area contributed by atoms with Gasteiger partial charge in [0.1, 0.15) is 6.07 Å². The van der Waals surface area contributed by atoms with E-state index in [0.717, 1.165) is 31.7 Å². The maximum atomic E-state index is 15.1. The number of piperazine rings is 1. The summed E-state index contributed by atoms with van der Waals surface area (Å²) in [4.78, 5) is 28.5. The number of imidazole rings is 1. The summed E-state index contributed by atoms with van der Waals surface area (Å²) < 4.78 is 36.6. The topological polar surface area (TPSA) is 102 Å². The summed E-state index contributed by atoms with van der Waals surface area (Å²) >= 11 is 0. The molecule has 3 heterocycles. The number of nitrogens with one attached hydrogen (secondary N) is 1. The minimum atomic E-state index is -1.18. The third-order valence-corrected chi connectivity index (χ3v) is 7.48. The SMILES string of the molecule is Cc1cc(Nc2nccn3c(-c4ccc(OC(C)C#N)c(F)c4F)cnc23)ccc1C(=O)N1CCN(CCN(C)C)CC1. The molecule has 1 N–H and O–H groups in total. The number of halogens is 2. The van der Waals surface area contributed by atoms with Crippen LogP contribution in [0.3, 0.4) is 0 Å². The van der Waals surface area contributed by atoms with Crippen molar-refractivity contribution >= 4 is 23.1 Å². The van der Waals surface area contributed by atoms with Crippen molar-refractivity contribution in [3.05, 3.63) is 71.7 Å². The number of aromatic nitrogens is 3. The van der Waals surface area contributed by atoms with Gasteiger partial charge < -0.3 is 19.9 Å². The average Bonchev–Trinajstić information content (AvgIpc) is 3.43. The molecule has 4 aromatic rings. The molecule has 10 nitrogen and oxygen atoms in total. The highest BCUT2D eigenvalue weighted by atomic mass is 19.2. The second kappa shape index (κ2) is 12.7. The van der Waals surface area contributed by atoms with Gasteiger partial charge in [0.15, 0.2) is 29.1 Å². The van der Waals surface area contributed by atoms with Gasteiger partial charge in [0, 0.05) is 68.5 Å². The van der Waals surface area contributed by atoms with Crippen LogP contribution in [0.25, 0.3) is 16.9 Å². The Morgan fingerprint density at radius 2 is 1.91 bits per heavy atom. The molecule has 0 saturated carbocycles. The van der Waals surface area contributed by atoms with Crippen molar-refractivity contribution in [1.82, 2.24) is 29.1 Å². The monoisotopic (exact) mass is 588 g/mol. The predicted octanol–water partition coefficient (Wildman–Crippen LogP) is 4.34. The zero-order valence-corrected chi connectivity index (χ0v) is 24.6. The molecule has 1 fully saturated rings. The molecule has 1 unspecified atom stereocenters. The summed E-state index contributed by atoms with van der Waals surface area (Å²) in [6, 6.07) is 10.0. The van der Waals surface area contributed by atoms with Gasteiger partial charge >= 0.3 is 0 Å². The second-order valence-electron chi connectivity index (χ2n) is 10.8. The van der Waals surface area contributed by atoms with Crippen molar-refractivity contribution in [2.75, 3.05) is 58.7 Å². The molecule has 12 heteroatoms. The number of likely N-dealkylation sites (N-methyl/N-ethyl adjacent to an activating group) is 1. The predicted molar refractivity (Wildman–Crippen MR) is 159 cm³/mol. The fourth-order valence-electron chi connectivity index (χ4n) is 5.05. The molecule has 5 rings (SSSR count). The van der Waals surface area contributed by atoms with Gasteiger partial charge in [-0.1, -0.05) is 0 Å². The number of hydrogen-bond acceptors (Lipinski definition) is 8. The van der Waals surface area contributed by atoms with Crippen LogP contribution in [0.15, 0.2) is 48.9 Å². The number of carbonyl (C=O) groups excluding carboxylic acids is 1. The standard InChI is InChI=1S/C31H34F2N8O2/c1-20-17-22(5-6-23(20)31(42)40-15-13-39(14-16-40)12-11-38(3)4)37-29-30-36-19-25(41(30)10-9-35-29)24-7-8-26(28(33)27(24)32)43-21(2)18-34/h5-10,17,19,21H,11-16H2,1-4H3,(H,35,37). The Bertz CT molecular complexity index is 1670. The molecular weight excluding hydrogens is 554 g/mol. The number of anilines is 2. The van der Waals surface area contributed by atoms with Crippen LogP contribution in [-0.2, 0) is 0 Å². The number of fused-ring (bicyclic) bond motifs is 1. The summed E-state index contributed by atoms with van der Waals surface area (Å²) in [5, 5.41) is 12.2. The molecule has 1 aliphatic heterocycles. The number of amides is 1. The molecular formula is C31H34F2N8O2. The third-order valence-electron chi connectivity index (χ3n) is 7.48. The van der Waals surface area contributed by atoms with Gasteiger partial charge in [0.05, 0.1) is 11.9 Å². The summed E-state index contributed by atoms with van der Waals surface area (Å²) in [7, 11) is 4.12. The van der Waals surface area contributed by atoms with Crippen LogP contribution >= 0.6 is 0 Å². The first-order chi connectivity index (χ1) is 20.7. The Morgan fingerprint density at radius 3 is 2.60 bits per heavy atom. The molecule has 0 aliphatic carbocycles. The van der Waals surface area contributed by atoms with E-state index in [1.165, 1.54) is 31.5 Å². The van der Waals surface area contributed by atoms with Gasteiger partial charge in [0.25, 0.3) is 5.91 Å². The quantitative estimate of drug-likeness (QED) is 0.308. The largest absolute Gasteiger partial charge is 0.473 e. The van der Waals surface area contributed by atoms with Crippen molar-refractivity contribution < 1.29 is 18.3 Å². The van der Waals surface area contributed by atoms with Crippen LogP contribution in [0.5, 0.6) is 5.75 Å². The van der Waals surface area contributed by atoms with Crippen LogP contribution in [0.1, 0.15) is 22.8 Å². The number of ether oxygens (including phenoxy) is 1. The molecule has 1 amide bonds. The van der Waals surface area contributed by atoms with Gasteiger partial charge in [-0.15, -0.1) is 0 Å². The van der Waals surface area contributed by atoms with Crippen molar-refractivity contribution in [2.24, 2.45) is 0 Å². The van der Waals surface area contributed by atoms with E-state index in [1.807, 2.05) is 36.1 Å². The molecule has 0 spiro atoms. The van der Waals surface area contributed by atoms with Gasteiger partial charge in [0.2, 0.25) is 5.82 Å². The molecule has 2 aromatic carbocycles. The summed E-state index contributed by atoms with van der Waals surface area (Å²) in [6.07, 6.45) is 3.64. The third kappa shape index (κ3) is 6.43. The number of nitriles is 1. The Morgan fingerprint density at radius 1 is 1.14 bits per heavy atom. The van der Waals surface area contributed by atoms with E-state index in [-0.39, 0.29) is 17.2 Å². The van der Waals surface area contributed by atoms with Gasteiger partial charge in [-0.2, -0.15) is 9.65 Å². The first kappa shape index (κ1) is 29.9. The van der Waals surface area contributed by atoms with E-state index in [4.69, 9.17) is 10.00 Å². The lowest BCUT2D eigenvalue weighted by Crippen LogP contribution is -2.50. The van der Waals surface area contributed by atoms with Crippen LogP contribution < -0.4 is 10.1 Å². The van der Waals surface area contributed by atoms with E-state index in [0.29, 0.717) is 41.5 Å². The van der Waals surface area contributed by atoms with Crippen LogP contribution in [0.2, 0.25) is 0 Å². The molecule has 0 radical (unpaired) electrons. The number of aryl methyl sites for hydroxylation is 1. The van der Waals surface area contributed by atoms with Crippen molar-refractivity contribution in [2.45, 2.75) is 20.0 Å². The van der Waals surface area contributed by atoms with Gasteiger partial charge in [-0.25, -0.2) is 14.4 Å². The number of benzene rings is 2. The maximum absolute atomic E-state index is 15.1. The Labute approximate surface area is 249 Å². The molecule has 0 bridgehead atoms. The van der Waals surface area contributed by atoms with E-state index in [1.54, 1.807) is 10.6 Å². The van der Waals surface area contributed by atoms with Gasteiger partial charge in [-0.05, 0) is 63.8 Å². The highest BCUT2D eigenvalue weighted by Crippen LogP contribution is 2.32. The first-order valence-corrected chi connectivity index (χ1v) is 14.1. The zero-order chi connectivity index (χ0) is 30.7. The van der Waals surface area contributed by atoms with E-state index in [2.05, 4.69) is 39.2 Å². The van der Waals surface area contributed by atoms with Gasteiger partial charge in [-0.3, -0.25) is 14.1 Å². The van der Waals surface area contributed by atoms with Crippen LogP contribution in [-0.4, -0.2) is 94.4 Å². The first-order valence-electron chi connectivity index (χ1n) is 14.1. The Balaban J connectivity index is 1.32. The Hall–Kier alpha value is -4.60.